The first kappa shape index (κ1) is 24.5. The highest BCUT2D eigenvalue weighted by Crippen LogP contribution is 2.43. The lowest BCUT2D eigenvalue weighted by atomic mass is 9.95. The highest BCUT2D eigenvalue weighted by atomic mass is 32.1. The Morgan fingerprint density at radius 1 is 1.03 bits per heavy atom. The van der Waals surface area contributed by atoms with Crippen LogP contribution in [0, 0.1) is 0 Å². The van der Waals surface area contributed by atoms with Crippen molar-refractivity contribution in [2.24, 2.45) is 0 Å². The number of anilines is 1. The monoisotopic (exact) mass is 492 g/mol. The van der Waals surface area contributed by atoms with Crippen molar-refractivity contribution in [3.05, 3.63) is 76.8 Å². The summed E-state index contributed by atoms with van der Waals surface area (Å²) in [7, 11) is 0. The van der Waals surface area contributed by atoms with E-state index in [2.05, 4.69) is 11.9 Å². The van der Waals surface area contributed by atoms with Gasteiger partial charge >= 0.3 is 5.91 Å². The summed E-state index contributed by atoms with van der Waals surface area (Å²) in [6.45, 7) is 5.25. The van der Waals surface area contributed by atoms with E-state index in [9.17, 15) is 14.7 Å². The molecule has 1 fully saturated rings. The maximum absolute atomic E-state index is 13.2. The van der Waals surface area contributed by atoms with E-state index < -0.39 is 17.7 Å². The molecule has 0 bridgehead atoms. The second-order valence-electron chi connectivity index (χ2n) is 8.13. The van der Waals surface area contributed by atoms with Gasteiger partial charge in [-0.05, 0) is 42.7 Å². The topological polar surface area (TPSA) is 89.0 Å². The van der Waals surface area contributed by atoms with Crippen LogP contribution < -0.4 is 14.4 Å². The number of hydrogen-bond acceptors (Lipinski definition) is 7. The molecule has 7 nitrogen and oxygen atoms in total. The van der Waals surface area contributed by atoms with E-state index in [1.165, 1.54) is 16.2 Å². The zero-order valence-corrected chi connectivity index (χ0v) is 20.6. The number of nitrogens with zero attached hydrogens (tertiary/aromatic N) is 2. The van der Waals surface area contributed by atoms with Gasteiger partial charge in [0.25, 0.3) is 5.78 Å². The van der Waals surface area contributed by atoms with Gasteiger partial charge < -0.3 is 14.6 Å². The van der Waals surface area contributed by atoms with Gasteiger partial charge in [-0.3, -0.25) is 14.5 Å². The number of aliphatic hydroxyl groups excluding tert-OH is 1. The number of hydrogen-bond donors (Lipinski definition) is 1. The Labute approximate surface area is 208 Å². The lowest BCUT2D eigenvalue weighted by molar-refractivity contribution is -0.132. The summed E-state index contributed by atoms with van der Waals surface area (Å²) in [5, 5.41) is 13.4. The summed E-state index contributed by atoms with van der Waals surface area (Å²) in [6, 6.07) is 13.3. The molecule has 8 heteroatoms. The minimum atomic E-state index is -0.828. The molecule has 2 heterocycles. The first-order chi connectivity index (χ1) is 17.0. The van der Waals surface area contributed by atoms with Gasteiger partial charge in [0.2, 0.25) is 0 Å². The molecule has 0 aliphatic carbocycles. The Morgan fingerprint density at radius 2 is 1.80 bits per heavy atom. The number of carbonyl (C=O) groups is 2. The van der Waals surface area contributed by atoms with E-state index in [0.29, 0.717) is 41.0 Å². The van der Waals surface area contributed by atoms with Crippen LogP contribution in [0.4, 0.5) is 5.13 Å². The summed E-state index contributed by atoms with van der Waals surface area (Å²) >= 11 is 1.25. The molecular weight excluding hydrogens is 464 g/mol. The first-order valence-electron chi connectivity index (χ1n) is 11.7. The minimum Gasteiger partial charge on any atom is -0.507 e. The van der Waals surface area contributed by atoms with Crippen LogP contribution in [0.2, 0.25) is 0 Å². The van der Waals surface area contributed by atoms with E-state index in [1.54, 1.807) is 60.1 Å². The standard InChI is InChI=1S/C27H28N2O5S/c1-3-5-15-34-21-8-6-7-19(17-21)24(30)22-23(18-9-11-20(12-10-18)33-14-4-2)29(26(32)25(22)31)27-28-13-16-35-27/h6-13,16-17,23,30H,3-5,14-15H2,1-2H3/b24-22+. The number of Topliss-reactive ketones (excluding diaryl/α,β-unsaturated/α-hetero) is 1. The number of ether oxygens (including phenoxy) is 2. The molecule has 35 heavy (non-hydrogen) atoms. The summed E-state index contributed by atoms with van der Waals surface area (Å²) in [5.41, 5.74) is 1.09. The molecule has 1 aliphatic rings. The number of aromatic nitrogens is 1. The number of thiazole rings is 1. The molecule has 1 N–H and O–H groups in total. The molecule has 4 rings (SSSR count). The molecule has 0 radical (unpaired) electrons. The second-order valence-corrected chi connectivity index (χ2v) is 9.00. The number of amides is 1. The first-order valence-corrected chi connectivity index (χ1v) is 12.6. The fraction of sp³-hybridized carbons (Fsp3) is 0.296. The Bertz CT molecular complexity index is 1200. The van der Waals surface area contributed by atoms with Gasteiger partial charge in [0.1, 0.15) is 17.3 Å². The van der Waals surface area contributed by atoms with Crippen LogP contribution in [-0.4, -0.2) is 35.0 Å². The van der Waals surface area contributed by atoms with Crippen LogP contribution in [0.1, 0.15) is 50.3 Å². The zero-order chi connectivity index (χ0) is 24.8. The van der Waals surface area contributed by atoms with E-state index in [0.717, 1.165) is 19.3 Å². The van der Waals surface area contributed by atoms with Crippen LogP contribution in [-0.2, 0) is 9.59 Å². The van der Waals surface area contributed by atoms with E-state index in [4.69, 9.17) is 9.47 Å². The number of ketones is 1. The summed E-state index contributed by atoms with van der Waals surface area (Å²) < 4.78 is 11.4. The summed E-state index contributed by atoms with van der Waals surface area (Å²) in [5.74, 6) is -0.455. The molecule has 2 aromatic carbocycles. The van der Waals surface area contributed by atoms with Crippen LogP contribution in [0.5, 0.6) is 11.5 Å². The van der Waals surface area contributed by atoms with Gasteiger partial charge in [0, 0.05) is 17.1 Å². The number of benzene rings is 2. The van der Waals surface area contributed by atoms with Crippen molar-refractivity contribution in [3.8, 4) is 11.5 Å². The van der Waals surface area contributed by atoms with Gasteiger partial charge in [-0.2, -0.15) is 0 Å². The molecule has 1 unspecified atom stereocenters. The van der Waals surface area contributed by atoms with Crippen molar-refractivity contribution in [2.45, 2.75) is 39.2 Å². The SMILES string of the molecule is CCCCOc1cccc(/C(O)=C2\C(=O)C(=O)N(c3nccs3)C2c2ccc(OCCC)cc2)c1. The van der Waals surface area contributed by atoms with Gasteiger partial charge in [-0.15, -0.1) is 11.3 Å². The number of aliphatic hydroxyl groups is 1. The molecule has 0 saturated carbocycles. The zero-order valence-electron chi connectivity index (χ0n) is 19.8. The molecule has 1 amide bonds. The van der Waals surface area contributed by atoms with Gasteiger partial charge in [0.05, 0.1) is 24.8 Å². The van der Waals surface area contributed by atoms with Crippen LogP contribution in [0.3, 0.4) is 0 Å². The van der Waals surface area contributed by atoms with Crippen LogP contribution in [0.25, 0.3) is 5.76 Å². The fourth-order valence-electron chi connectivity index (χ4n) is 3.87. The third-order valence-corrected chi connectivity index (χ3v) is 6.38. The highest BCUT2D eigenvalue weighted by Gasteiger charge is 2.48. The number of rotatable bonds is 10. The number of carbonyl (C=O) groups excluding carboxylic acids is 2. The molecule has 182 valence electrons. The van der Waals surface area contributed by atoms with Gasteiger partial charge in [-0.1, -0.05) is 44.5 Å². The van der Waals surface area contributed by atoms with Crippen LogP contribution in [0.15, 0.2) is 65.7 Å². The van der Waals surface area contributed by atoms with Gasteiger partial charge in [0.15, 0.2) is 5.13 Å². The smallest absolute Gasteiger partial charge is 0.301 e. The Kier molecular flexibility index (Phi) is 7.82. The van der Waals surface area contributed by atoms with Crippen molar-refractivity contribution in [1.29, 1.82) is 0 Å². The quantitative estimate of drug-likeness (QED) is 0.168. The van der Waals surface area contributed by atoms with Crippen molar-refractivity contribution < 1.29 is 24.2 Å². The minimum absolute atomic E-state index is 0.0122. The normalized spacial score (nSPS) is 17.1. The molecule has 1 aromatic heterocycles. The molecule has 1 atom stereocenters. The molecule has 1 saturated heterocycles. The molecular formula is C27H28N2O5S. The summed E-state index contributed by atoms with van der Waals surface area (Å²) in [6.07, 6.45) is 4.37. The Morgan fingerprint density at radius 3 is 2.49 bits per heavy atom. The maximum Gasteiger partial charge on any atom is 0.301 e. The van der Waals surface area contributed by atoms with Crippen LogP contribution >= 0.6 is 11.3 Å². The third-order valence-electron chi connectivity index (χ3n) is 5.61. The molecule has 3 aromatic rings. The van der Waals surface area contributed by atoms with E-state index in [1.807, 2.05) is 6.92 Å². The van der Waals surface area contributed by atoms with Crippen molar-refractivity contribution in [1.82, 2.24) is 4.98 Å². The van der Waals surface area contributed by atoms with E-state index in [-0.39, 0.29) is 11.3 Å². The second kappa shape index (κ2) is 11.2. The van der Waals surface area contributed by atoms with E-state index >= 15 is 0 Å². The van der Waals surface area contributed by atoms with Crippen molar-refractivity contribution in [3.63, 3.8) is 0 Å². The largest absolute Gasteiger partial charge is 0.507 e. The average molecular weight is 493 g/mol. The van der Waals surface area contributed by atoms with Crippen molar-refractivity contribution >= 4 is 33.9 Å². The van der Waals surface area contributed by atoms with Crippen molar-refractivity contribution in [2.75, 3.05) is 18.1 Å². The predicted molar refractivity (Wildman–Crippen MR) is 136 cm³/mol. The lowest BCUT2D eigenvalue weighted by Crippen LogP contribution is -2.29. The maximum atomic E-state index is 13.2. The third kappa shape index (κ3) is 5.22. The van der Waals surface area contributed by atoms with Gasteiger partial charge in [-0.25, -0.2) is 4.98 Å². The molecule has 1 aliphatic heterocycles. The average Bonchev–Trinajstić information content (AvgIpc) is 3.50. The summed E-state index contributed by atoms with van der Waals surface area (Å²) in [4.78, 5) is 32.0. The number of unbranched alkanes of at least 4 members (excludes halogenated alkanes) is 1. The highest BCUT2D eigenvalue weighted by molar-refractivity contribution is 7.14. The fourth-order valence-corrected chi connectivity index (χ4v) is 4.54. The Balaban J connectivity index is 1.78. The predicted octanol–water partition coefficient (Wildman–Crippen LogP) is 5.74. The lowest BCUT2D eigenvalue weighted by Gasteiger charge is -2.23. The Hall–Kier alpha value is -3.65. The molecule has 0 spiro atoms.